The molecule has 0 spiro atoms. The molecule has 2 aliphatic rings. The number of hydrogen-bond acceptors (Lipinski definition) is 4. The first-order valence-corrected chi connectivity index (χ1v) is 10.9. The van der Waals surface area contributed by atoms with Gasteiger partial charge in [-0.05, 0) is 49.3 Å². The molecule has 1 saturated heterocycles. The lowest BCUT2D eigenvalue weighted by Crippen LogP contribution is -2.38. The fourth-order valence-electron chi connectivity index (χ4n) is 4.90. The fraction of sp³-hybridized carbons (Fsp3) is 0.478. The third-order valence-electron chi connectivity index (χ3n) is 6.76. The molecule has 7 nitrogen and oxygen atoms in total. The Bertz CT molecular complexity index is 1130. The summed E-state index contributed by atoms with van der Waals surface area (Å²) >= 11 is 0. The quantitative estimate of drug-likeness (QED) is 0.670. The number of aromatic nitrogens is 4. The molecule has 0 radical (unpaired) electrons. The van der Waals surface area contributed by atoms with Gasteiger partial charge in [0.15, 0.2) is 5.65 Å². The monoisotopic (exact) mass is 405 g/mol. The summed E-state index contributed by atoms with van der Waals surface area (Å²) in [4.78, 5) is 36.0. The summed E-state index contributed by atoms with van der Waals surface area (Å²) < 4.78 is 3.76. The number of imidazole rings is 1. The van der Waals surface area contributed by atoms with Gasteiger partial charge < -0.3 is 14.0 Å². The molecule has 0 atom stereocenters. The van der Waals surface area contributed by atoms with Gasteiger partial charge in [0.2, 0.25) is 0 Å². The van der Waals surface area contributed by atoms with E-state index in [0.29, 0.717) is 30.6 Å². The van der Waals surface area contributed by atoms with Crippen molar-refractivity contribution in [3.8, 4) is 0 Å². The number of amides is 1. The molecule has 3 aromatic heterocycles. The molecular weight excluding hydrogens is 378 g/mol. The van der Waals surface area contributed by atoms with Crippen LogP contribution in [0.4, 0.5) is 0 Å². The van der Waals surface area contributed by atoms with Crippen LogP contribution in [-0.4, -0.2) is 43.0 Å². The highest BCUT2D eigenvalue weighted by Crippen LogP contribution is 2.32. The fourth-order valence-corrected chi connectivity index (χ4v) is 4.90. The molecule has 5 rings (SSSR count). The second kappa shape index (κ2) is 7.70. The molecule has 7 heteroatoms. The van der Waals surface area contributed by atoms with Crippen LogP contribution in [0, 0.1) is 0 Å². The highest BCUT2D eigenvalue weighted by Gasteiger charge is 2.26. The minimum absolute atomic E-state index is 0.0160. The van der Waals surface area contributed by atoms with Gasteiger partial charge in [0.05, 0.1) is 11.9 Å². The van der Waals surface area contributed by atoms with Gasteiger partial charge in [-0.15, -0.1) is 0 Å². The predicted molar refractivity (Wildman–Crippen MR) is 115 cm³/mol. The van der Waals surface area contributed by atoms with Crippen LogP contribution >= 0.6 is 0 Å². The molecule has 1 amide bonds. The SMILES string of the molecule is Cn1ccc(C2CCN(C(=O)c3cnc4c(c3)ncn4C3CCCC3)CC2)cc1=O. The van der Waals surface area contributed by atoms with E-state index >= 15 is 0 Å². The highest BCUT2D eigenvalue weighted by atomic mass is 16.2. The smallest absolute Gasteiger partial charge is 0.255 e. The van der Waals surface area contributed by atoms with Gasteiger partial charge in [-0.2, -0.15) is 0 Å². The topological polar surface area (TPSA) is 73.0 Å². The van der Waals surface area contributed by atoms with Gasteiger partial charge in [0, 0.05) is 44.6 Å². The van der Waals surface area contributed by atoms with Crippen molar-refractivity contribution in [2.45, 2.75) is 50.5 Å². The average molecular weight is 406 g/mol. The van der Waals surface area contributed by atoms with Crippen molar-refractivity contribution >= 4 is 17.1 Å². The predicted octanol–water partition coefficient (Wildman–Crippen LogP) is 3.26. The number of fused-ring (bicyclic) bond motifs is 1. The maximum absolute atomic E-state index is 13.0. The maximum Gasteiger partial charge on any atom is 0.255 e. The number of pyridine rings is 2. The second-order valence-corrected chi connectivity index (χ2v) is 8.63. The zero-order chi connectivity index (χ0) is 20.7. The highest BCUT2D eigenvalue weighted by molar-refractivity contribution is 5.96. The van der Waals surface area contributed by atoms with Crippen molar-refractivity contribution in [3.63, 3.8) is 0 Å². The number of nitrogens with zero attached hydrogens (tertiary/aromatic N) is 5. The van der Waals surface area contributed by atoms with Crippen molar-refractivity contribution in [1.82, 2.24) is 24.0 Å². The van der Waals surface area contributed by atoms with Gasteiger partial charge in [0.25, 0.3) is 11.5 Å². The van der Waals surface area contributed by atoms with E-state index in [4.69, 9.17) is 0 Å². The summed E-state index contributed by atoms with van der Waals surface area (Å²) in [5.41, 5.74) is 3.37. The first kappa shape index (κ1) is 19.0. The summed E-state index contributed by atoms with van der Waals surface area (Å²) in [7, 11) is 1.76. The Kier molecular flexibility index (Phi) is 4.89. The van der Waals surface area contributed by atoms with Gasteiger partial charge in [-0.25, -0.2) is 9.97 Å². The Morgan fingerprint density at radius 1 is 1.07 bits per heavy atom. The van der Waals surface area contributed by atoms with Crippen LogP contribution in [0.15, 0.2) is 41.7 Å². The van der Waals surface area contributed by atoms with E-state index in [1.54, 1.807) is 23.9 Å². The van der Waals surface area contributed by atoms with E-state index in [2.05, 4.69) is 14.5 Å². The Balaban J connectivity index is 1.28. The lowest BCUT2D eigenvalue weighted by Gasteiger charge is -2.32. The summed E-state index contributed by atoms with van der Waals surface area (Å²) in [6.45, 7) is 1.38. The molecule has 30 heavy (non-hydrogen) atoms. The zero-order valence-corrected chi connectivity index (χ0v) is 17.3. The van der Waals surface area contributed by atoms with E-state index in [-0.39, 0.29) is 11.5 Å². The molecule has 1 aliphatic carbocycles. The summed E-state index contributed by atoms with van der Waals surface area (Å²) in [6, 6.07) is 6.10. The standard InChI is InChI=1S/C23H27N5O2/c1-26-9-6-17(13-21(26)29)16-7-10-27(11-8-16)23(30)18-12-20-22(24-14-18)28(15-25-20)19-4-2-3-5-19/h6,9,12-16,19H,2-5,7-8,10-11H2,1H3. The third-order valence-corrected chi connectivity index (χ3v) is 6.76. The number of carbonyl (C=O) groups is 1. The van der Waals surface area contributed by atoms with Crippen LogP contribution in [-0.2, 0) is 7.05 Å². The number of piperidine rings is 1. The van der Waals surface area contributed by atoms with E-state index in [9.17, 15) is 9.59 Å². The molecule has 156 valence electrons. The third kappa shape index (κ3) is 3.42. The van der Waals surface area contributed by atoms with E-state index in [1.165, 1.54) is 25.7 Å². The van der Waals surface area contributed by atoms with Crippen molar-refractivity contribution in [2.24, 2.45) is 7.05 Å². The maximum atomic E-state index is 13.0. The van der Waals surface area contributed by atoms with Crippen molar-refractivity contribution in [2.75, 3.05) is 13.1 Å². The molecule has 2 fully saturated rings. The van der Waals surface area contributed by atoms with Gasteiger partial charge in [-0.1, -0.05) is 12.8 Å². The van der Waals surface area contributed by atoms with Gasteiger partial charge >= 0.3 is 0 Å². The van der Waals surface area contributed by atoms with Crippen LogP contribution in [0.5, 0.6) is 0 Å². The lowest BCUT2D eigenvalue weighted by molar-refractivity contribution is 0.0712. The van der Waals surface area contributed by atoms with Crippen molar-refractivity contribution in [3.05, 3.63) is 58.4 Å². The van der Waals surface area contributed by atoms with E-state index in [1.807, 2.05) is 29.6 Å². The number of rotatable bonds is 3. The molecule has 1 saturated carbocycles. The van der Waals surface area contributed by atoms with Crippen LogP contribution in [0.2, 0.25) is 0 Å². The number of hydrogen-bond donors (Lipinski definition) is 0. The molecule has 3 aromatic rings. The molecule has 0 aromatic carbocycles. The number of carbonyl (C=O) groups excluding carboxylic acids is 1. The Morgan fingerprint density at radius 3 is 2.57 bits per heavy atom. The van der Waals surface area contributed by atoms with Crippen LogP contribution in [0.25, 0.3) is 11.2 Å². The van der Waals surface area contributed by atoms with Gasteiger partial charge in [-0.3, -0.25) is 9.59 Å². The average Bonchev–Trinajstić information content (AvgIpc) is 3.44. The molecule has 0 N–H and O–H groups in total. The lowest BCUT2D eigenvalue weighted by atomic mass is 9.90. The molecule has 1 aliphatic heterocycles. The number of aryl methyl sites for hydroxylation is 1. The van der Waals surface area contributed by atoms with Crippen molar-refractivity contribution < 1.29 is 4.79 Å². The summed E-state index contributed by atoms with van der Waals surface area (Å²) in [6.07, 6.45) is 12.0. The van der Waals surface area contributed by atoms with Crippen LogP contribution in [0.3, 0.4) is 0 Å². The Hall–Kier alpha value is -2.96. The summed E-state index contributed by atoms with van der Waals surface area (Å²) in [5, 5.41) is 0. The second-order valence-electron chi connectivity index (χ2n) is 8.63. The normalized spacial score (nSPS) is 18.4. The van der Waals surface area contributed by atoms with E-state index < -0.39 is 0 Å². The molecular formula is C23H27N5O2. The van der Waals surface area contributed by atoms with Crippen molar-refractivity contribution in [1.29, 1.82) is 0 Å². The largest absolute Gasteiger partial charge is 0.339 e. The summed E-state index contributed by atoms with van der Waals surface area (Å²) in [5.74, 6) is 0.341. The Labute approximate surface area is 175 Å². The minimum atomic E-state index is 0.0160. The first-order valence-electron chi connectivity index (χ1n) is 10.9. The van der Waals surface area contributed by atoms with E-state index in [0.717, 1.165) is 29.6 Å². The number of likely N-dealkylation sites (tertiary alicyclic amines) is 1. The van der Waals surface area contributed by atoms with Gasteiger partial charge in [0.1, 0.15) is 5.52 Å². The molecule has 0 bridgehead atoms. The minimum Gasteiger partial charge on any atom is -0.339 e. The Morgan fingerprint density at radius 2 is 1.83 bits per heavy atom. The zero-order valence-electron chi connectivity index (χ0n) is 17.3. The van der Waals surface area contributed by atoms with Crippen LogP contribution in [0.1, 0.15) is 66.4 Å². The molecule has 0 unspecified atom stereocenters. The van der Waals surface area contributed by atoms with Crippen LogP contribution < -0.4 is 5.56 Å². The first-order chi connectivity index (χ1) is 14.6. The molecule has 4 heterocycles.